The molecule has 0 radical (unpaired) electrons. The van der Waals surface area contributed by atoms with E-state index >= 15 is 0 Å². The summed E-state index contributed by atoms with van der Waals surface area (Å²) in [6.45, 7) is 6.18. The lowest BCUT2D eigenvalue weighted by Crippen LogP contribution is -2.56. The Morgan fingerprint density at radius 1 is 0.812 bits per heavy atom. The van der Waals surface area contributed by atoms with Crippen molar-refractivity contribution in [2.24, 2.45) is 21.5 Å². The number of hydrogen-bond donors (Lipinski definition) is 8. The van der Waals surface area contributed by atoms with Crippen molar-refractivity contribution in [3.8, 4) is 0 Å². The maximum absolute atomic E-state index is 13.6. The van der Waals surface area contributed by atoms with Gasteiger partial charge in [-0.05, 0) is 58.8 Å². The van der Waals surface area contributed by atoms with E-state index < -0.39 is 29.9 Å². The Balaban J connectivity index is 2.05. The van der Waals surface area contributed by atoms with Crippen LogP contribution in [0.25, 0.3) is 0 Å². The SMILES string of the molecule is CCCCCC(NC(=O)C(CCCN=C(C)N)NC(=O)C(CCCN=C(C)N)NC(=O)CCCC[C@@H]1SC[C@@H]2NC(=O)N[C@@H]21)C(=O)NC. The lowest BCUT2D eigenvalue weighted by atomic mass is 10.0. The summed E-state index contributed by atoms with van der Waals surface area (Å²) in [5.74, 6) is 0.199. The number of carbonyl (C=O) groups is 5. The van der Waals surface area contributed by atoms with Crippen molar-refractivity contribution in [1.29, 1.82) is 0 Å². The van der Waals surface area contributed by atoms with Gasteiger partial charge in [-0.1, -0.05) is 32.6 Å². The predicted octanol–water partition coefficient (Wildman–Crippen LogP) is 0.808. The van der Waals surface area contributed by atoms with Gasteiger partial charge in [0.1, 0.15) is 18.1 Å². The van der Waals surface area contributed by atoms with Crippen LogP contribution in [0.3, 0.4) is 0 Å². The van der Waals surface area contributed by atoms with Crippen LogP contribution < -0.4 is 43.4 Å². The second-order valence-electron chi connectivity index (χ2n) is 12.6. The zero-order valence-corrected chi connectivity index (χ0v) is 29.9. The van der Waals surface area contributed by atoms with Crippen molar-refractivity contribution in [3.05, 3.63) is 0 Å². The van der Waals surface area contributed by atoms with E-state index in [9.17, 15) is 24.0 Å². The lowest BCUT2D eigenvalue weighted by molar-refractivity contribution is -0.134. The Hall–Kier alpha value is -3.56. The van der Waals surface area contributed by atoms with Crippen molar-refractivity contribution in [2.45, 2.75) is 133 Å². The number of nitrogens with zero attached hydrogens (tertiary/aromatic N) is 2. The molecular formula is C32H58N10O5S. The fourth-order valence-corrected chi connectivity index (χ4v) is 7.31. The molecule has 3 unspecified atom stereocenters. The van der Waals surface area contributed by atoms with Gasteiger partial charge in [-0.15, -0.1) is 0 Å². The van der Waals surface area contributed by atoms with Gasteiger partial charge in [-0.3, -0.25) is 29.2 Å². The third-order valence-corrected chi connectivity index (χ3v) is 9.87. The first kappa shape index (κ1) is 40.6. The Morgan fingerprint density at radius 2 is 1.38 bits per heavy atom. The molecule has 48 heavy (non-hydrogen) atoms. The van der Waals surface area contributed by atoms with Gasteiger partial charge in [-0.2, -0.15) is 11.8 Å². The second kappa shape index (κ2) is 22.1. The summed E-state index contributed by atoms with van der Waals surface area (Å²) in [5.41, 5.74) is 11.3. The van der Waals surface area contributed by atoms with Crippen LogP contribution in [-0.4, -0.2) is 103 Å². The highest BCUT2D eigenvalue weighted by Crippen LogP contribution is 2.33. The molecule has 0 aromatic carbocycles. The highest BCUT2D eigenvalue weighted by molar-refractivity contribution is 8.00. The first-order valence-corrected chi connectivity index (χ1v) is 18.3. The molecule has 272 valence electrons. The molecular weight excluding hydrogens is 636 g/mol. The molecule has 2 heterocycles. The van der Waals surface area contributed by atoms with Crippen LogP contribution in [0.1, 0.15) is 97.8 Å². The fourth-order valence-electron chi connectivity index (χ4n) is 5.77. The summed E-state index contributed by atoms with van der Waals surface area (Å²) in [5, 5.41) is 17.4. The van der Waals surface area contributed by atoms with Crippen LogP contribution in [0.5, 0.6) is 0 Å². The number of fused-ring (bicyclic) bond motifs is 1. The molecule has 16 heteroatoms. The minimum absolute atomic E-state index is 0.114. The minimum Gasteiger partial charge on any atom is -0.388 e. The molecule has 0 aromatic heterocycles. The number of rotatable bonds is 23. The van der Waals surface area contributed by atoms with Crippen molar-refractivity contribution in [3.63, 3.8) is 0 Å². The van der Waals surface area contributed by atoms with Gasteiger partial charge in [0.2, 0.25) is 23.6 Å². The molecule has 0 bridgehead atoms. The van der Waals surface area contributed by atoms with Crippen LogP contribution >= 0.6 is 11.8 Å². The molecule has 0 aliphatic carbocycles. The molecule has 0 spiro atoms. The van der Waals surface area contributed by atoms with E-state index in [1.54, 1.807) is 13.8 Å². The quantitative estimate of drug-likeness (QED) is 0.0329. The van der Waals surface area contributed by atoms with Crippen molar-refractivity contribution in [2.75, 3.05) is 25.9 Å². The van der Waals surface area contributed by atoms with E-state index in [1.165, 1.54) is 7.05 Å². The third-order valence-electron chi connectivity index (χ3n) is 8.37. The Morgan fingerprint density at radius 3 is 1.94 bits per heavy atom. The first-order valence-electron chi connectivity index (χ1n) is 17.3. The number of unbranched alkanes of at least 4 members (excludes halogenated alkanes) is 3. The molecule has 0 saturated carbocycles. The predicted molar refractivity (Wildman–Crippen MR) is 191 cm³/mol. The lowest BCUT2D eigenvalue weighted by Gasteiger charge is -2.25. The van der Waals surface area contributed by atoms with Gasteiger partial charge in [0.25, 0.3) is 0 Å². The molecule has 2 fully saturated rings. The molecule has 6 atom stereocenters. The molecule has 2 aliphatic heterocycles. The van der Waals surface area contributed by atoms with E-state index in [0.29, 0.717) is 62.1 Å². The van der Waals surface area contributed by atoms with Gasteiger partial charge in [-0.25, -0.2) is 4.79 Å². The zero-order chi connectivity index (χ0) is 35.5. The molecule has 2 aliphatic rings. The minimum atomic E-state index is -0.953. The van der Waals surface area contributed by atoms with Crippen LogP contribution in [0.15, 0.2) is 9.98 Å². The van der Waals surface area contributed by atoms with Crippen molar-refractivity contribution >= 4 is 53.1 Å². The van der Waals surface area contributed by atoms with E-state index in [-0.39, 0.29) is 42.8 Å². The summed E-state index contributed by atoms with van der Waals surface area (Å²) in [7, 11) is 1.52. The number of nitrogens with one attached hydrogen (secondary N) is 6. The maximum atomic E-state index is 13.6. The first-order chi connectivity index (χ1) is 22.9. The van der Waals surface area contributed by atoms with Gasteiger partial charge in [0.05, 0.1) is 23.8 Å². The number of nitrogens with two attached hydrogens (primary N) is 2. The normalized spacial score (nSPS) is 20.9. The van der Waals surface area contributed by atoms with Crippen LogP contribution in [0.2, 0.25) is 0 Å². The van der Waals surface area contributed by atoms with Gasteiger partial charge < -0.3 is 43.4 Å². The Labute approximate surface area is 289 Å². The third kappa shape index (κ3) is 15.1. The highest BCUT2D eigenvalue weighted by Gasteiger charge is 2.42. The fraction of sp³-hybridized carbons (Fsp3) is 0.781. The number of amides is 6. The zero-order valence-electron chi connectivity index (χ0n) is 29.1. The topological polar surface area (TPSA) is 234 Å². The van der Waals surface area contributed by atoms with Gasteiger partial charge in [0.15, 0.2) is 0 Å². The van der Waals surface area contributed by atoms with Crippen molar-refractivity contribution in [1.82, 2.24) is 31.9 Å². The molecule has 15 nitrogen and oxygen atoms in total. The summed E-state index contributed by atoms with van der Waals surface area (Å²) in [6, 6.07) is -2.43. The van der Waals surface area contributed by atoms with Crippen LogP contribution in [-0.2, 0) is 19.2 Å². The average molecular weight is 695 g/mol. The largest absolute Gasteiger partial charge is 0.388 e. The second-order valence-corrected chi connectivity index (χ2v) is 13.8. The number of urea groups is 1. The molecule has 2 rings (SSSR count). The van der Waals surface area contributed by atoms with Crippen LogP contribution in [0.4, 0.5) is 4.79 Å². The number of aliphatic imine (C=N–C) groups is 2. The Kier molecular flexibility index (Phi) is 18.7. The molecule has 2 saturated heterocycles. The number of amidine groups is 2. The average Bonchev–Trinajstić information content (AvgIpc) is 3.59. The number of thioether (sulfide) groups is 1. The molecule has 6 amide bonds. The smallest absolute Gasteiger partial charge is 0.315 e. The van der Waals surface area contributed by atoms with E-state index in [4.69, 9.17) is 11.5 Å². The Bertz CT molecular complexity index is 1130. The standard InChI is InChI=1S/C32H58N10O5S/c1-5-6-7-12-22(29(44)35-4)39-31(46)24(14-11-18-37-21(3)34)40-30(45)23(13-10-17-36-20(2)33)38-27(43)16-9-8-15-26-28-25(19-48-26)41-32(47)42-28/h22-26,28H,5-19H2,1-4H3,(H2,33,36)(H2,34,37)(H,35,44)(H,38,43)(H,39,46)(H,40,45)(H2,41,42,47)/t22?,23?,24?,25-,26-,28-/m0/s1. The number of likely N-dealkylation sites (N-methyl/N-ethyl adjacent to an activating group) is 1. The van der Waals surface area contributed by atoms with Gasteiger partial charge >= 0.3 is 6.03 Å². The van der Waals surface area contributed by atoms with Crippen molar-refractivity contribution < 1.29 is 24.0 Å². The summed E-state index contributed by atoms with van der Waals surface area (Å²) >= 11 is 1.83. The molecule has 10 N–H and O–H groups in total. The number of carbonyl (C=O) groups excluding carboxylic acids is 5. The summed E-state index contributed by atoms with van der Waals surface area (Å²) in [6.07, 6.45) is 7.21. The number of hydrogen-bond acceptors (Lipinski definition) is 8. The maximum Gasteiger partial charge on any atom is 0.315 e. The van der Waals surface area contributed by atoms with E-state index in [0.717, 1.165) is 37.9 Å². The van der Waals surface area contributed by atoms with Gasteiger partial charge in [0, 0.05) is 37.6 Å². The monoisotopic (exact) mass is 694 g/mol. The van der Waals surface area contributed by atoms with E-state index in [2.05, 4.69) is 48.8 Å². The summed E-state index contributed by atoms with van der Waals surface area (Å²) in [4.78, 5) is 72.8. The molecule has 0 aromatic rings. The highest BCUT2D eigenvalue weighted by atomic mass is 32.2. The summed E-state index contributed by atoms with van der Waals surface area (Å²) < 4.78 is 0. The van der Waals surface area contributed by atoms with E-state index in [1.807, 2.05) is 11.8 Å². The van der Waals surface area contributed by atoms with Crippen LogP contribution in [0, 0.1) is 0 Å².